The quantitative estimate of drug-likeness (QED) is 0.207. The molecule has 2 aromatic rings. The van der Waals surface area contributed by atoms with Crippen molar-refractivity contribution in [1.82, 2.24) is 16.0 Å². The van der Waals surface area contributed by atoms with Crippen molar-refractivity contribution in [3.63, 3.8) is 0 Å². The predicted octanol–water partition coefficient (Wildman–Crippen LogP) is 2.80. The van der Waals surface area contributed by atoms with Gasteiger partial charge in [-0.2, -0.15) is 0 Å². The van der Waals surface area contributed by atoms with Crippen molar-refractivity contribution in [1.29, 1.82) is 0 Å². The Kier molecular flexibility index (Phi) is 14.0. The summed E-state index contributed by atoms with van der Waals surface area (Å²) in [5, 5.41) is 19.2. The number of nitrogens with one attached hydrogen (secondary N) is 3. The Morgan fingerprint density at radius 3 is 2.45 bits per heavy atom. The molecule has 0 aromatic heterocycles. The molecule has 0 bridgehead atoms. The highest BCUT2D eigenvalue weighted by atomic mass is 32.2. The molecule has 10 nitrogen and oxygen atoms in total. The summed E-state index contributed by atoms with van der Waals surface area (Å²) in [5.41, 5.74) is 2.30. The molecule has 0 saturated carbocycles. The molecule has 44 heavy (non-hydrogen) atoms. The number of hydrogen-bond donors (Lipinski definition) is 4. The van der Waals surface area contributed by atoms with Crippen molar-refractivity contribution in [2.24, 2.45) is 0 Å². The van der Waals surface area contributed by atoms with E-state index in [9.17, 15) is 31.9 Å². The molecule has 2 amide bonds. The Bertz CT molecular complexity index is 1320. The number of alkyl carbamates (subject to hydrolysis) is 1. The molecule has 1 fully saturated rings. The number of amides is 2. The third-order valence-corrected chi connectivity index (χ3v) is 9.00. The van der Waals surface area contributed by atoms with Gasteiger partial charge in [-0.3, -0.25) is 4.79 Å². The largest absolute Gasteiger partial charge is 0.444 e. The molecule has 13 heteroatoms. The zero-order chi connectivity index (χ0) is 32.1. The summed E-state index contributed by atoms with van der Waals surface area (Å²) in [4.78, 5) is 26.1. The van der Waals surface area contributed by atoms with Gasteiger partial charge in [-0.15, -0.1) is 0 Å². The molecule has 0 radical (unpaired) electrons. The molecule has 1 aliphatic heterocycles. The van der Waals surface area contributed by atoms with E-state index in [0.717, 1.165) is 29.7 Å². The highest BCUT2D eigenvalue weighted by molar-refractivity contribution is 7.91. The first-order valence-electron chi connectivity index (χ1n) is 14.9. The van der Waals surface area contributed by atoms with Crippen LogP contribution in [0.3, 0.4) is 0 Å². The normalized spacial score (nSPS) is 17.1. The van der Waals surface area contributed by atoms with Crippen LogP contribution in [0.25, 0.3) is 0 Å². The number of ether oxygens (including phenoxy) is 2. The fraction of sp³-hybridized carbons (Fsp3) is 0.548. The Balaban J connectivity index is 1.77. The third-order valence-electron chi connectivity index (χ3n) is 7.25. The molecule has 2 aromatic carbocycles. The van der Waals surface area contributed by atoms with Gasteiger partial charge in [-0.1, -0.05) is 44.5 Å². The van der Waals surface area contributed by atoms with Gasteiger partial charge in [-0.05, 0) is 48.1 Å². The van der Waals surface area contributed by atoms with Gasteiger partial charge in [0.25, 0.3) is 0 Å². The van der Waals surface area contributed by atoms with Gasteiger partial charge in [0.1, 0.15) is 23.8 Å². The van der Waals surface area contributed by atoms with E-state index in [4.69, 9.17) is 9.47 Å². The van der Waals surface area contributed by atoms with Gasteiger partial charge in [-0.25, -0.2) is 22.0 Å². The number of unbranched alkanes of at least 4 members (excludes halogenated alkanes) is 1. The Morgan fingerprint density at radius 2 is 1.80 bits per heavy atom. The van der Waals surface area contributed by atoms with Crippen LogP contribution >= 0.6 is 0 Å². The standard InChI is InChI=1S/C31H43F2N3O7S/c1-3-5-11-44(40,41)20-28(36-31(39)43-26-9-10-42-19-26)30(38)35-27(15-23-13-24(32)16-25(33)14-23)29(37)18-34-17-22-8-6-7-21(4-2)12-22/h6-8,12-14,16,26-29,34,37H,3-5,9-11,15,17-20H2,1-2H3,(H,35,38)(H,36,39)/t26-,27-,28+,29+/m0/s1. The highest BCUT2D eigenvalue weighted by Crippen LogP contribution is 2.14. The minimum absolute atomic E-state index is 0.00425. The number of aryl methyl sites for hydroxylation is 1. The summed E-state index contributed by atoms with van der Waals surface area (Å²) in [6, 6.07) is 8.14. The van der Waals surface area contributed by atoms with Gasteiger partial charge in [0.15, 0.2) is 9.84 Å². The molecule has 0 unspecified atom stereocenters. The summed E-state index contributed by atoms with van der Waals surface area (Å²) < 4.78 is 64.0. The second-order valence-electron chi connectivity index (χ2n) is 11.0. The zero-order valence-corrected chi connectivity index (χ0v) is 26.0. The fourth-order valence-electron chi connectivity index (χ4n) is 4.83. The summed E-state index contributed by atoms with van der Waals surface area (Å²) in [5.74, 6) is -3.42. The van der Waals surface area contributed by atoms with E-state index in [-0.39, 0.29) is 30.9 Å². The summed E-state index contributed by atoms with van der Waals surface area (Å²) >= 11 is 0. The number of benzene rings is 2. The van der Waals surface area contributed by atoms with Gasteiger partial charge in [0.2, 0.25) is 5.91 Å². The first kappa shape index (κ1) is 35.4. The van der Waals surface area contributed by atoms with Crippen molar-refractivity contribution < 1.29 is 41.4 Å². The lowest BCUT2D eigenvalue weighted by atomic mass is 10.00. The minimum atomic E-state index is -3.77. The van der Waals surface area contributed by atoms with Crippen LogP contribution in [0, 0.1) is 11.6 Å². The molecule has 1 saturated heterocycles. The maximum atomic E-state index is 14.0. The van der Waals surface area contributed by atoms with Crippen LogP contribution in [-0.2, 0) is 43.5 Å². The SMILES string of the molecule is CCCCS(=O)(=O)C[C@@H](NC(=O)O[C@H]1CCOC1)C(=O)N[C@@H](Cc1cc(F)cc(F)c1)[C@H](O)CNCc1cccc(CC)c1. The van der Waals surface area contributed by atoms with Crippen LogP contribution in [0.4, 0.5) is 13.6 Å². The monoisotopic (exact) mass is 639 g/mol. The van der Waals surface area contributed by atoms with Crippen LogP contribution in [-0.4, -0.2) is 81.1 Å². The Labute approximate surface area is 257 Å². The van der Waals surface area contributed by atoms with Crippen LogP contribution in [0.15, 0.2) is 42.5 Å². The summed E-state index contributed by atoms with van der Waals surface area (Å²) in [7, 11) is -3.77. The molecule has 1 aliphatic rings. The third kappa shape index (κ3) is 12.1. The maximum absolute atomic E-state index is 14.0. The van der Waals surface area contributed by atoms with Crippen molar-refractivity contribution >= 4 is 21.8 Å². The molecule has 0 aliphatic carbocycles. The first-order chi connectivity index (χ1) is 21.0. The average Bonchev–Trinajstić information content (AvgIpc) is 3.47. The van der Waals surface area contributed by atoms with E-state index in [1.165, 1.54) is 0 Å². The van der Waals surface area contributed by atoms with E-state index < -0.39 is 63.5 Å². The molecular weight excluding hydrogens is 596 g/mol. The van der Waals surface area contributed by atoms with Crippen molar-refractivity contribution in [3.05, 3.63) is 70.8 Å². The van der Waals surface area contributed by atoms with Gasteiger partial charge >= 0.3 is 6.09 Å². The number of rotatable bonds is 17. The van der Waals surface area contributed by atoms with E-state index in [1.54, 1.807) is 0 Å². The van der Waals surface area contributed by atoms with Crippen LogP contribution in [0.1, 0.15) is 49.8 Å². The molecule has 0 spiro atoms. The van der Waals surface area contributed by atoms with Crippen molar-refractivity contribution in [3.8, 4) is 0 Å². The van der Waals surface area contributed by atoms with Crippen molar-refractivity contribution in [2.75, 3.05) is 31.3 Å². The molecule has 4 N–H and O–H groups in total. The van der Waals surface area contributed by atoms with Crippen LogP contribution in [0.5, 0.6) is 0 Å². The Hall–Kier alpha value is -3.13. The number of aliphatic hydroxyl groups is 1. The van der Waals surface area contributed by atoms with Gasteiger partial charge in [0, 0.05) is 25.6 Å². The molecule has 244 valence electrons. The number of halogens is 2. The topological polar surface area (TPSA) is 143 Å². The van der Waals surface area contributed by atoms with Crippen LogP contribution < -0.4 is 16.0 Å². The number of carbonyl (C=O) groups excluding carboxylic acids is 2. The molecule has 1 heterocycles. The second kappa shape index (κ2) is 17.4. The minimum Gasteiger partial charge on any atom is -0.444 e. The number of aliphatic hydroxyl groups excluding tert-OH is 1. The smallest absolute Gasteiger partial charge is 0.408 e. The second-order valence-corrected chi connectivity index (χ2v) is 13.3. The zero-order valence-electron chi connectivity index (χ0n) is 25.2. The van der Waals surface area contributed by atoms with Crippen molar-refractivity contribution in [2.45, 2.75) is 76.8 Å². The van der Waals surface area contributed by atoms with E-state index in [1.807, 2.05) is 38.1 Å². The first-order valence-corrected chi connectivity index (χ1v) is 16.8. The van der Waals surface area contributed by atoms with Gasteiger partial charge in [0.05, 0.1) is 36.9 Å². The van der Waals surface area contributed by atoms with E-state index in [0.29, 0.717) is 38.5 Å². The van der Waals surface area contributed by atoms with Gasteiger partial charge < -0.3 is 30.5 Å². The number of carbonyl (C=O) groups is 2. The summed E-state index contributed by atoms with van der Waals surface area (Å²) in [6.07, 6.45) is -0.620. The fourth-order valence-corrected chi connectivity index (χ4v) is 6.47. The Morgan fingerprint density at radius 1 is 1.07 bits per heavy atom. The predicted molar refractivity (Wildman–Crippen MR) is 162 cm³/mol. The lowest BCUT2D eigenvalue weighted by Gasteiger charge is -2.27. The molecule has 3 rings (SSSR count). The number of hydrogen-bond acceptors (Lipinski definition) is 8. The highest BCUT2D eigenvalue weighted by Gasteiger charge is 2.32. The lowest BCUT2D eigenvalue weighted by Crippen LogP contribution is -2.57. The molecular formula is C31H43F2N3O7S. The maximum Gasteiger partial charge on any atom is 0.408 e. The lowest BCUT2D eigenvalue weighted by molar-refractivity contribution is -0.124. The van der Waals surface area contributed by atoms with Crippen LogP contribution in [0.2, 0.25) is 0 Å². The van der Waals surface area contributed by atoms with E-state index >= 15 is 0 Å². The summed E-state index contributed by atoms with van der Waals surface area (Å²) in [6.45, 7) is 4.87. The number of sulfone groups is 1. The van der Waals surface area contributed by atoms with E-state index in [2.05, 4.69) is 16.0 Å². The average molecular weight is 640 g/mol. The molecule has 4 atom stereocenters.